The van der Waals surface area contributed by atoms with Crippen molar-refractivity contribution in [3.8, 4) is 11.5 Å². The van der Waals surface area contributed by atoms with Crippen molar-refractivity contribution < 1.29 is 28.7 Å². The summed E-state index contributed by atoms with van der Waals surface area (Å²) in [6, 6.07) is 8.37. The van der Waals surface area contributed by atoms with Crippen molar-refractivity contribution in [3.05, 3.63) is 41.6 Å². The molecule has 2 aliphatic rings. The molecular weight excluding hydrogens is 470 g/mol. The molecule has 0 saturated carbocycles. The molecule has 1 aromatic heterocycles. The van der Waals surface area contributed by atoms with Crippen molar-refractivity contribution >= 4 is 47.2 Å². The van der Waals surface area contributed by atoms with Gasteiger partial charge in [-0.25, -0.2) is 4.79 Å². The molecule has 13 heteroatoms. The summed E-state index contributed by atoms with van der Waals surface area (Å²) in [7, 11) is 0. The number of aromatic nitrogens is 2. The van der Waals surface area contributed by atoms with E-state index in [9.17, 15) is 24.3 Å². The first-order chi connectivity index (χ1) is 15.8. The monoisotopic (exact) mass is 489 g/mol. The van der Waals surface area contributed by atoms with Crippen LogP contribution in [0, 0.1) is 0 Å². The topological polar surface area (TPSA) is 155 Å². The summed E-state index contributed by atoms with van der Waals surface area (Å²) in [4.78, 5) is 49.1. The van der Waals surface area contributed by atoms with Crippen LogP contribution in [0.5, 0.6) is 0 Å². The number of carbonyl (C=O) groups excluding carboxylic acids is 3. The van der Waals surface area contributed by atoms with Crippen LogP contribution in [0.3, 0.4) is 0 Å². The van der Waals surface area contributed by atoms with E-state index in [4.69, 9.17) is 4.42 Å². The number of hydrogen-bond acceptors (Lipinski definition) is 9. The van der Waals surface area contributed by atoms with Crippen molar-refractivity contribution in [1.29, 1.82) is 0 Å². The number of carboxylic acids is 1. The molecule has 1 fully saturated rings. The number of carbonyl (C=O) groups is 4. The summed E-state index contributed by atoms with van der Waals surface area (Å²) >= 11 is 2.37. The zero-order valence-electron chi connectivity index (χ0n) is 17.3. The van der Waals surface area contributed by atoms with Crippen LogP contribution in [0.4, 0.5) is 0 Å². The van der Waals surface area contributed by atoms with Gasteiger partial charge in [0.15, 0.2) is 0 Å². The zero-order chi connectivity index (χ0) is 23.5. The summed E-state index contributed by atoms with van der Waals surface area (Å²) in [6.45, 7) is 1.37. The van der Waals surface area contributed by atoms with E-state index in [0.29, 0.717) is 17.2 Å². The highest BCUT2D eigenvalue weighted by Gasteiger charge is 2.54. The Bertz CT molecular complexity index is 1130. The van der Waals surface area contributed by atoms with Gasteiger partial charge in [0.05, 0.1) is 5.75 Å². The van der Waals surface area contributed by atoms with Crippen LogP contribution in [-0.4, -0.2) is 73.4 Å². The lowest BCUT2D eigenvalue weighted by molar-refractivity contribution is -0.150. The molecule has 1 saturated heterocycles. The van der Waals surface area contributed by atoms with Gasteiger partial charge in [0.1, 0.15) is 17.1 Å². The molecule has 4 rings (SSSR count). The summed E-state index contributed by atoms with van der Waals surface area (Å²) < 4.78 is 5.54. The van der Waals surface area contributed by atoms with E-state index in [0.717, 1.165) is 22.2 Å². The molecule has 0 radical (unpaired) electrons. The Morgan fingerprint density at radius 1 is 1.27 bits per heavy atom. The van der Waals surface area contributed by atoms with E-state index >= 15 is 0 Å². The number of carboxylic acid groups (broad SMARTS) is 1. The lowest BCUT2D eigenvalue weighted by atomic mass is 10.0. The van der Waals surface area contributed by atoms with E-state index < -0.39 is 29.2 Å². The minimum absolute atomic E-state index is 0.0449. The summed E-state index contributed by atoms with van der Waals surface area (Å²) in [5.41, 5.74) is 1.06. The maximum absolute atomic E-state index is 12.6. The molecule has 0 bridgehead atoms. The predicted octanol–water partition coefficient (Wildman–Crippen LogP) is 0.703. The number of rotatable bonds is 8. The Morgan fingerprint density at radius 3 is 2.73 bits per heavy atom. The van der Waals surface area contributed by atoms with E-state index in [2.05, 4.69) is 20.8 Å². The third kappa shape index (κ3) is 4.88. The van der Waals surface area contributed by atoms with E-state index in [1.165, 1.54) is 18.7 Å². The molecule has 2 aromatic rings. The normalized spacial score (nSPS) is 19.5. The fraction of sp³-hybridized carbons (Fsp3) is 0.300. The van der Waals surface area contributed by atoms with Gasteiger partial charge in [0.2, 0.25) is 17.7 Å². The van der Waals surface area contributed by atoms with Crippen molar-refractivity contribution in [2.45, 2.75) is 23.6 Å². The first kappa shape index (κ1) is 22.9. The number of fused-ring (bicyclic) bond motifs is 1. The maximum atomic E-state index is 12.6. The van der Waals surface area contributed by atoms with Gasteiger partial charge in [-0.15, -0.1) is 22.0 Å². The number of thioether (sulfide) groups is 2. The molecule has 1 aromatic carbocycles. The highest BCUT2D eigenvalue weighted by Crippen LogP contribution is 2.40. The Labute approximate surface area is 196 Å². The number of hydrogen-bond donors (Lipinski definition) is 3. The molecular formula is C20H19N5O6S2. The molecule has 3 N–H and O–H groups in total. The van der Waals surface area contributed by atoms with Gasteiger partial charge in [-0.3, -0.25) is 19.3 Å². The average molecular weight is 490 g/mol. The van der Waals surface area contributed by atoms with Gasteiger partial charge >= 0.3 is 5.97 Å². The van der Waals surface area contributed by atoms with Crippen molar-refractivity contribution in [2.75, 3.05) is 18.1 Å². The van der Waals surface area contributed by atoms with Gasteiger partial charge < -0.3 is 20.2 Å². The van der Waals surface area contributed by atoms with Gasteiger partial charge in [-0.05, 0) is 17.7 Å². The van der Waals surface area contributed by atoms with Crippen LogP contribution in [0.2, 0.25) is 0 Å². The number of nitrogens with zero attached hydrogens (tertiary/aromatic N) is 3. The smallest absolute Gasteiger partial charge is 0.352 e. The minimum Gasteiger partial charge on any atom is -0.477 e. The first-order valence-corrected chi connectivity index (χ1v) is 11.8. The molecule has 2 atom stereocenters. The van der Waals surface area contributed by atoms with E-state index in [-0.39, 0.29) is 29.1 Å². The van der Waals surface area contributed by atoms with Gasteiger partial charge in [-0.1, -0.05) is 30.0 Å². The lowest BCUT2D eigenvalue weighted by Gasteiger charge is -2.49. The second-order valence-electron chi connectivity index (χ2n) is 7.15. The molecule has 0 spiro atoms. The van der Waals surface area contributed by atoms with E-state index in [1.807, 2.05) is 30.3 Å². The fourth-order valence-electron chi connectivity index (χ4n) is 3.36. The predicted molar refractivity (Wildman–Crippen MR) is 119 cm³/mol. The molecule has 172 valence electrons. The zero-order valence-corrected chi connectivity index (χ0v) is 18.9. The number of benzene rings is 1. The van der Waals surface area contributed by atoms with E-state index in [1.54, 1.807) is 0 Å². The molecule has 0 aliphatic carbocycles. The van der Waals surface area contributed by atoms with Gasteiger partial charge in [0.25, 0.3) is 11.1 Å². The van der Waals surface area contributed by atoms with Crippen molar-refractivity contribution in [1.82, 2.24) is 25.7 Å². The average Bonchev–Trinajstić information content (AvgIpc) is 3.28. The second-order valence-corrected chi connectivity index (χ2v) is 9.18. The summed E-state index contributed by atoms with van der Waals surface area (Å²) in [5.74, 6) is -1.86. The maximum Gasteiger partial charge on any atom is 0.352 e. The molecule has 33 heavy (non-hydrogen) atoms. The Morgan fingerprint density at radius 2 is 2.03 bits per heavy atom. The molecule has 3 amide bonds. The highest BCUT2D eigenvalue weighted by atomic mass is 32.2. The number of amides is 3. The molecule has 2 aliphatic heterocycles. The Balaban J connectivity index is 1.34. The summed E-state index contributed by atoms with van der Waals surface area (Å²) in [6.07, 6.45) is 0. The SMILES string of the molecule is CC(=O)NCC1=C(C(=O)O)N2C(=O)C(NC(=O)CSc3nnc(-c4ccccc4)o3)[C@H]2SC1. The summed E-state index contributed by atoms with van der Waals surface area (Å²) in [5, 5.41) is 22.4. The van der Waals surface area contributed by atoms with Gasteiger partial charge in [0, 0.05) is 24.8 Å². The van der Waals surface area contributed by atoms with Crippen molar-refractivity contribution in [3.63, 3.8) is 0 Å². The second kappa shape index (κ2) is 9.67. The lowest BCUT2D eigenvalue weighted by Crippen LogP contribution is -2.70. The molecule has 1 unspecified atom stereocenters. The van der Waals surface area contributed by atoms with Crippen LogP contribution in [0.1, 0.15) is 6.92 Å². The third-order valence-corrected chi connectivity index (χ3v) is 7.03. The molecule has 11 nitrogen and oxygen atoms in total. The first-order valence-electron chi connectivity index (χ1n) is 9.80. The van der Waals surface area contributed by atoms with Crippen LogP contribution >= 0.6 is 23.5 Å². The minimum atomic E-state index is -1.25. The third-order valence-electron chi connectivity index (χ3n) is 4.87. The van der Waals surface area contributed by atoms with Crippen molar-refractivity contribution in [2.24, 2.45) is 0 Å². The quantitative estimate of drug-likeness (QED) is 0.356. The fourth-order valence-corrected chi connectivity index (χ4v) is 5.28. The van der Waals surface area contributed by atoms with Crippen LogP contribution < -0.4 is 10.6 Å². The van der Waals surface area contributed by atoms with Crippen LogP contribution in [0.25, 0.3) is 11.5 Å². The largest absolute Gasteiger partial charge is 0.477 e. The number of β-lactam (4-membered cyclic amide) rings is 1. The highest BCUT2D eigenvalue weighted by molar-refractivity contribution is 8.00. The Kier molecular flexibility index (Phi) is 6.70. The van der Waals surface area contributed by atoms with Crippen LogP contribution in [-0.2, 0) is 19.2 Å². The number of nitrogens with one attached hydrogen (secondary N) is 2. The standard InChI is InChI=1S/C20H19N5O6S2/c1-10(26)21-7-12-8-32-18-14(17(28)25(18)15(12)19(29)30)22-13(27)9-33-20-24-23-16(31-20)11-5-3-2-4-6-11/h2-6,14,18H,7-9H2,1H3,(H,21,26)(H,22,27)(H,29,30)/t14?,18-/m1/s1. The van der Waals surface area contributed by atoms with Crippen LogP contribution in [0.15, 0.2) is 51.2 Å². The Hall–Kier alpha value is -3.32. The van der Waals surface area contributed by atoms with Gasteiger partial charge in [-0.2, -0.15) is 0 Å². The molecule has 3 heterocycles. The number of aliphatic carboxylic acids is 1.